The van der Waals surface area contributed by atoms with Crippen molar-refractivity contribution >= 4 is 22.6 Å². The van der Waals surface area contributed by atoms with Crippen LogP contribution in [-0.4, -0.2) is 70.1 Å². The van der Waals surface area contributed by atoms with Gasteiger partial charge in [-0.05, 0) is 12.8 Å². The molecule has 122 valence electrons. The van der Waals surface area contributed by atoms with Gasteiger partial charge in [0, 0.05) is 50.7 Å². The molecule has 2 fully saturated rings. The normalized spacial score (nSPS) is 26.3. The molecule has 3 heterocycles. The van der Waals surface area contributed by atoms with Crippen molar-refractivity contribution in [3.05, 3.63) is 5.82 Å². The van der Waals surface area contributed by atoms with Crippen molar-refractivity contribution in [2.75, 3.05) is 37.6 Å². The highest BCUT2D eigenvalue weighted by molar-refractivity contribution is 7.09. The molecule has 0 bridgehead atoms. The van der Waals surface area contributed by atoms with Gasteiger partial charge < -0.3 is 20.2 Å². The number of aliphatic hydroxyl groups is 1. The molecular formula is C14H23N5O2S. The summed E-state index contributed by atoms with van der Waals surface area (Å²) in [5.74, 6) is 1.01. The van der Waals surface area contributed by atoms with Crippen molar-refractivity contribution in [3.8, 4) is 0 Å². The van der Waals surface area contributed by atoms with Crippen LogP contribution < -0.4 is 10.2 Å². The molecule has 22 heavy (non-hydrogen) atoms. The highest BCUT2D eigenvalue weighted by atomic mass is 32.1. The number of aromatic nitrogens is 2. The number of carbonyl (C=O) groups excluding carboxylic acids is 1. The van der Waals surface area contributed by atoms with Crippen molar-refractivity contribution in [1.29, 1.82) is 0 Å². The van der Waals surface area contributed by atoms with E-state index in [0.717, 1.165) is 43.4 Å². The highest BCUT2D eigenvalue weighted by Crippen LogP contribution is 2.20. The number of nitrogens with zero attached hydrogens (tertiary/aromatic N) is 4. The number of aliphatic hydroxyl groups excluding tert-OH is 1. The monoisotopic (exact) mass is 325 g/mol. The average Bonchev–Trinajstić information content (AvgIpc) is 3.10. The van der Waals surface area contributed by atoms with E-state index in [1.807, 2.05) is 4.90 Å². The summed E-state index contributed by atoms with van der Waals surface area (Å²) >= 11 is 1.44. The third-order valence-corrected chi connectivity index (χ3v) is 5.07. The van der Waals surface area contributed by atoms with Crippen molar-refractivity contribution in [2.45, 2.75) is 38.3 Å². The van der Waals surface area contributed by atoms with Crippen LogP contribution in [0.15, 0.2) is 0 Å². The minimum Gasteiger partial charge on any atom is -0.392 e. The number of rotatable bonds is 3. The first kappa shape index (κ1) is 15.6. The first-order valence-corrected chi connectivity index (χ1v) is 8.72. The van der Waals surface area contributed by atoms with E-state index in [0.29, 0.717) is 19.5 Å². The molecule has 7 nitrogen and oxygen atoms in total. The van der Waals surface area contributed by atoms with Gasteiger partial charge in [-0.3, -0.25) is 4.79 Å². The Balaban J connectivity index is 1.58. The molecule has 2 saturated heterocycles. The molecule has 0 aromatic carbocycles. The molecule has 1 amide bonds. The van der Waals surface area contributed by atoms with Crippen LogP contribution in [0.5, 0.6) is 0 Å². The molecule has 2 aliphatic heterocycles. The van der Waals surface area contributed by atoms with Crippen molar-refractivity contribution in [3.63, 3.8) is 0 Å². The zero-order valence-electron chi connectivity index (χ0n) is 12.9. The molecule has 2 N–H and O–H groups in total. The van der Waals surface area contributed by atoms with Crippen LogP contribution in [0, 0.1) is 0 Å². The Morgan fingerprint density at radius 3 is 2.95 bits per heavy atom. The molecule has 0 saturated carbocycles. The van der Waals surface area contributed by atoms with Crippen LogP contribution in [0.3, 0.4) is 0 Å². The second-order valence-electron chi connectivity index (χ2n) is 5.86. The van der Waals surface area contributed by atoms with E-state index in [1.165, 1.54) is 11.5 Å². The topological polar surface area (TPSA) is 81.6 Å². The van der Waals surface area contributed by atoms with E-state index in [9.17, 15) is 9.90 Å². The summed E-state index contributed by atoms with van der Waals surface area (Å²) < 4.78 is 4.34. The van der Waals surface area contributed by atoms with Gasteiger partial charge in [0.2, 0.25) is 11.0 Å². The first-order valence-electron chi connectivity index (χ1n) is 7.95. The Morgan fingerprint density at radius 2 is 2.27 bits per heavy atom. The number of amides is 1. The Labute approximate surface area is 134 Å². The number of carbonyl (C=O) groups is 1. The van der Waals surface area contributed by atoms with Crippen LogP contribution in [0.2, 0.25) is 0 Å². The number of hydrogen-bond donors (Lipinski definition) is 2. The maximum atomic E-state index is 12.5. The molecular weight excluding hydrogens is 302 g/mol. The summed E-state index contributed by atoms with van der Waals surface area (Å²) in [5, 5.41) is 13.6. The molecule has 0 aliphatic carbocycles. The Morgan fingerprint density at radius 1 is 1.41 bits per heavy atom. The fraction of sp³-hybridized carbons (Fsp3) is 0.786. The Hall–Kier alpha value is -1.25. The molecule has 2 atom stereocenters. The van der Waals surface area contributed by atoms with Crippen LogP contribution in [-0.2, 0) is 11.2 Å². The smallest absolute Gasteiger partial charge is 0.239 e. The third kappa shape index (κ3) is 3.39. The van der Waals surface area contributed by atoms with E-state index in [2.05, 4.69) is 26.5 Å². The van der Waals surface area contributed by atoms with Gasteiger partial charge in [0.05, 0.1) is 12.1 Å². The summed E-state index contributed by atoms with van der Waals surface area (Å²) in [5.41, 5.74) is 0. The molecule has 3 rings (SSSR count). The molecule has 2 aliphatic rings. The first-order chi connectivity index (χ1) is 10.7. The molecule has 1 aromatic heterocycles. The van der Waals surface area contributed by atoms with Crippen LogP contribution in [0.25, 0.3) is 0 Å². The van der Waals surface area contributed by atoms with Gasteiger partial charge in [-0.25, -0.2) is 4.98 Å². The van der Waals surface area contributed by atoms with Crippen molar-refractivity contribution in [1.82, 2.24) is 19.6 Å². The maximum Gasteiger partial charge on any atom is 0.239 e. The number of aryl methyl sites for hydroxylation is 1. The van der Waals surface area contributed by atoms with Crippen LogP contribution in [0.1, 0.15) is 25.6 Å². The summed E-state index contributed by atoms with van der Waals surface area (Å²) in [6, 6.07) is -0.227. The second kappa shape index (κ2) is 6.89. The predicted molar refractivity (Wildman–Crippen MR) is 85.1 cm³/mol. The maximum absolute atomic E-state index is 12.5. The lowest BCUT2D eigenvalue weighted by Gasteiger charge is -2.24. The van der Waals surface area contributed by atoms with E-state index in [4.69, 9.17) is 0 Å². The Kier molecular flexibility index (Phi) is 4.90. The van der Waals surface area contributed by atoms with Gasteiger partial charge in [-0.15, -0.1) is 0 Å². The summed E-state index contributed by atoms with van der Waals surface area (Å²) in [4.78, 5) is 21.2. The van der Waals surface area contributed by atoms with Crippen LogP contribution in [0.4, 0.5) is 5.13 Å². The van der Waals surface area contributed by atoms with Gasteiger partial charge in [0.1, 0.15) is 5.82 Å². The highest BCUT2D eigenvalue weighted by Gasteiger charge is 2.32. The molecule has 0 radical (unpaired) electrons. The number of anilines is 1. The SMILES string of the molecule is CCc1nsc(N2CCCN(C(=O)[C@@H]3C[C@@H](O)CN3)CC2)n1. The Bertz CT molecular complexity index is 523. The molecule has 8 heteroatoms. The van der Waals surface area contributed by atoms with E-state index >= 15 is 0 Å². The van der Waals surface area contributed by atoms with Gasteiger partial charge in [-0.2, -0.15) is 4.37 Å². The van der Waals surface area contributed by atoms with Gasteiger partial charge in [0.15, 0.2) is 0 Å². The predicted octanol–water partition coefficient (Wildman–Crippen LogP) is -0.138. The largest absolute Gasteiger partial charge is 0.392 e. The second-order valence-corrected chi connectivity index (χ2v) is 6.59. The fourth-order valence-electron chi connectivity index (χ4n) is 2.97. The van der Waals surface area contributed by atoms with Gasteiger partial charge >= 0.3 is 0 Å². The van der Waals surface area contributed by atoms with Crippen molar-refractivity contribution < 1.29 is 9.90 Å². The number of hydrogen-bond acceptors (Lipinski definition) is 7. The average molecular weight is 325 g/mol. The van der Waals surface area contributed by atoms with Crippen LogP contribution >= 0.6 is 11.5 Å². The standard InChI is InChI=1S/C14H23N5O2S/c1-2-12-16-14(22-17-12)19-5-3-4-18(6-7-19)13(21)11-8-10(20)9-15-11/h10-11,15,20H,2-9H2,1H3/t10-,11+/m1/s1. The summed E-state index contributed by atoms with van der Waals surface area (Å²) in [7, 11) is 0. The minimum absolute atomic E-state index is 0.116. The van der Waals surface area contributed by atoms with Gasteiger partial charge in [0.25, 0.3) is 0 Å². The number of β-amino-alcohol motifs (C(OH)–C–C–N with tert-alkyl or cyclic N) is 1. The van der Waals surface area contributed by atoms with Crippen molar-refractivity contribution in [2.24, 2.45) is 0 Å². The zero-order chi connectivity index (χ0) is 15.5. The molecule has 1 aromatic rings. The van der Waals surface area contributed by atoms with E-state index < -0.39 is 6.10 Å². The molecule has 0 spiro atoms. The summed E-state index contributed by atoms with van der Waals surface area (Å²) in [6.45, 7) is 5.73. The zero-order valence-corrected chi connectivity index (χ0v) is 13.7. The lowest BCUT2D eigenvalue weighted by Crippen LogP contribution is -2.45. The lowest BCUT2D eigenvalue weighted by molar-refractivity contribution is -0.133. The summed E-state index contributed by atoms with van der Waals surface area (Å²) in [6.07, 6.45) is 1.91. The van der Waals surface area contributed by atoms with Gasteiger partial charge in [-0.1, -0.05) is 6.92 Å². The lowest BCUT2D eigenvalue weighted by atomic mass is 10.2. The third-order valence-electron chi connectivity index (χ3n) is 4.26. The molecule has 0 unspecified atom stereocenters. The number of nitrogens with one attached hydrogen (secondary N) is 1. The fourth-order valence-corrected chi connectivity index (χ4v) is 3.77. The minimum atomic E-state index is -0.397. The quantitative estimate of drug-likeness (QED) is 0.805. The van der Waals surface area contributed by atoms with E-state index in [1.54, 1.807) is 0 Å². The van der Waals surface area contributed by atoms with E-state index in [-0.39, 0.29) is 11.9 Å².